The van der Waals surface area contributed by atoms with E-state index in [1.165, 1.54) is 4.90 Å². The van der Waals surface area contributed by atoms with E-state index in [2.05, 4.69) is 0 Å². The highest BCUT2D eigenvalue weighted by Gasteiger charge is 2.29. The molecule has 94 valence electrons. The van der Waals surface area contributed by atoms with Gasteiger partial charge in [-0.2, -0.15) is 0 Å². The van der Waals surface area contributed by atoms with E-state index >= 15 is 0 Å². The number of likely N-dealkylation sites (N-methyl/N-ethyl adjacent to an activating group) is 1. The van der Waals surface area contributed by atoms with E-state index in [9.17, 15) is 9.59 Å². The highest BCUT2D eigenvalue weighted by molar-refractivity contribution is 5.82. The summed E-state index contributed by atoms with van der Waals surface area (Å²) in [4.78, 5) is 23.6. The second-order valence-corrected chi connectivity index (χ2v) is 5.10. The van der Waals surface area contributed by atoms with E-state index in [-0.39, 0.29) is 17.7 Å². The number of hydrogen-bond donors (Lipinski definition) is 2. The van der Waals surface area contributed by atoms with Gasteiger partial charge in [-0.15, -0.1) is 0 Å². The van der Waals surface area contributed by atoms with Crippen molar-refractivity contribution >= 4 is 11.9 Å². The Morgan fingerprint density at radius 3 is 2.25 bits per heavy atom. The van der Waals surface area contributed by atoms with Crippen LogP contribution < -0.4 is 5.73 Å². The van der Waals surface area contributed by atoms with Crippen LogP contribution in [0.1, 0.15) is 33.6 Å². The van der Waals surface area contributed by atoms with Gasteiger partial charge in [-0.3, -0.25) is 9.59 Å². The van der Waals surface area contributed by atoms with Crippen molar-refractivity contribution in [2.24, 2.45) is 11.1 Å². The number of carbonyl (C=O) groups excluding carboxylic acids is 1. The monoisotopic (exact) mass is 230 g/mol. The summed E-state index contributed by atoms with van der Waals surface area (Å²) in [6, 6.07) is -0.553. The van der Waals surface area contributed by atoms with Crippen LogP contribution in [0.3, 0.4) is 0 Å². The normalized spacial score (nSPS) is 13.3. The Labute approximate surface area is 96.6 Å². The Morgan fingerprint density at radius 2 is 1.88 bits per heavy atom. The van der Waals surface area contributed by atoms with E-state index in [0.29, 0.717) is 13.0 Å². The summed E-state index contributed by atoms with van der Waals surface area (Å²) in [5, 5.41) is 8.48. The summed E-state index contributed by atoms with van der Waals surface area (Å²) >= 11 is 0. The van der Waals surface area contributed by atoms with Gasteiger partial charge in [0.25, 0.3) is 0 Å². The molecule has 0 spiro atoms. The fourth-order valence-electron chi connectivity index (χ4n) is 1.19. The van der Waals surface area contributed by atoms with Gasteiger partial charge < -0.3 is 15.7 Å². The van der Waals surface area contributed by atoms with Gasteiger partial charge in [-0.25, -0.2) is 0 Å². The van der Waals surface area contributed by atoms with Crippen molar-refractivity contribution in [1.82, 2.24) is 4.90 Å². The van der Waals surface area contributed by atoms with Crippen molar-refractivity contribution in [2.45, 2.75) is 39.7 Å². The number of nitrogens with two attached hydrogens (primary N) is 1. The first kappa shape index (κ1) is 14.9. The lowest BCUT2D eigenvalue weighted by atomic mass is 9.86. The predicted molar refractivity (Wildman–Crippen MR) is 61.9 cm³/mol. The van der Waals surface area contributed by atoms with Crippen LogP contribution in [0, 0.1) is 5.41 Å². The molecule has 0 saturated heterocycles. The van der Waals surface area contributed by atoms with Gasteiger partial charge in [0.15, 0.2) is 0 Å². The van der Waals surface area contributed by atoms with Crippen molar-refractivity contribution in [1.29, 1.82) is 0 Å². The van der Waals surface area contributed by atoms with Gasteiger partial charge in [0.2, 0.25) is 5.91 Å². The third-order valence-electron chi connectivity index (χ3n) is 2.46. The van der Waals surface area contributed by atoms with Gasteiger partial charge in [-0.05, 0) is 11.8 Å². The minimum Gasteiger partial charge on any atom is -0.481 e. The zero-order valence-corrected chi connectivity index (χ0v) is 10.5. The molecule has 3 N–H and O–H groups in total. The number of rotatable bonds is 5. The molecule has 0 aromatic heterocycles. The van der Waals surface area contributed by atoms with Crippen molar-refractivity contribution in [3.05, 3.63) is 0 Å². The van der Waals surface area contributed by atoms with Crippen molar-refractivity contribution < 1.29 is 14.7 Å². The van der Waals surface area contributed by atoms with Crippen LogP contribution in [-0.2, 0) is 9.59 Å². The Balaban J connectivity index is 4.14. The van der Waals surface area contributed by atoms with Crippen molar-refractivity contribution in [3.63, 3.8) is 0 Å². The molecule has 0 aliphatic carbocycles. The number of carboxylic acids is 1. The summed E-state index contributed by atoms with van der Waals surface area (Å²) in [7, 11) is 1.65. The second kappa shape index (κ2) is 5.84. The van der Waals surface area contributed by atoms with Crippen LogP contribution >= 0.6 is 0 Å². The van der Waals surface area contributed by atoms with Gasteiger partial charge >= 0.3 is 5.97 Å². The van der Waals surface area contributed by atoms with Crippen LogP contribution in [-0.4, -0.2) is 41.5 Å². The lowest BCUT2D eigenvalue weighted by Crippen LogP contribution is -2.49. The van der Waals surface area contributed by atoms with Gasteiger partial charge in [0.1, 0.15) is 0 Å². The maximum Gasteiger partial charge on any atom is 0.303 e. The largest absolute Gasteiger partial charge is 0.481 e. The minimum atomic E-state index is -0.846. The van der Waals surface area contributed by atoms with E-state index in [1.54, 1.807) is 7.05 Å². The molecule has 1 unspecified atom stereocenters. The summed E-state index contributed by atoms with van der Waals surface area (Å²) in [5.41, 5.74) is 5.54. The maximum atomic E-state index is 11.8. The first-order valence-electron chi connectivity index (χ1n) is 5.38. The molecule has 0 heterocycles. The van der Waals surface area contributed by atoms with E-state index in [1.807, 2.05) is 20.8 Å². The number of aliphatic carboxylic acids is 1. The van der Waals surface area contributed by atoms with Crippen LogP contribution in [0.5, 0.6) is 0 Å². The lowest BCUT2D eigenvalue weighted by Gasteiger charge is -2.29. The Bertz CT molecular complexity index is 258. The minimum absolute atomic E-state index is 0.0718. The van der Waals surface area contributed by atoms with Crippen LogP contribution in [0.25, 0.3) is 0 Å². The Morgan fingerprint density at radius 1 is 1.38 bits per heavy atom. The molecule has 16 heavy (non-hydrogen) atoms. The third-order valence-corrected chi connectivity index (χ3v) is 2.46. The quantitative estimate of drug-likeness (QED) is 0.727. The van der Waals surface area contributed by atoms with Crippen molar-refractivity contribution in [2.75, 3.05) is 13.6 Å². The van der Waals surface area contributed by atoms with Gasteiger partial charge in [0, 0.05) is 20.0 Å². The lowest BCUT2D eigenvalue weighted by molar-refractivity contribution is -0.138. The first-order chi connectivity index (χ1) is 7.16. The smallest absolute Gasteiger partial charge is 0.303 e. The molecule has 1 amide bonds. The number of amides is 1. The molecule has 0 fully saturated rings. The number of carboxylic acid groups (broad SMARTS) is 1. The molecule has 5 heteroatoms. The first-order valence-corrected chi connectivity index (χ1v) is 5.38. The Hall–Kier alpha value is -1.10. The fraction of sp³-hybridized carbons (Fsp3) is 0.818. The molecule has 5 nitrogen and oxygen atoms in total. The molecule has 1 atom stereocenters. The summed E-state index contributed by atoms with van der Waals surface area (Å²) < 4.78 is 0. The van der Waals surface area contributed by atoms with E-state index < -0.39 is 12.0 Å². The van der Waals surface area contributed by atoms with Crippen LogP contribution in [0.2, 0.25) is 0 Å². The van der Waals surface area contributed by atoms with Gasteiger partial charge in [-0.1, -0.05) is 20.8 Å². The van der Waals surface area contributed by atoms with Gasteiger partial charge in [0.05, 0.1) is 6.04 Å². The Kier molecular flexibility index (Phi) is 5.44. The zero-order chi connectivity index (χ0) is 12.9. The molecule has 0 saturated carbocycles. The predicted octanol–water partition coefficient (Wildman–Crippen LogP) is 0.683. The standard InChI is InChI=1S/C11H22N2O3/c1-11(2,3)9(12)10(16)13(4)7-5-6-8(14)15/h9H,5-7,12H2,1-4H3,(H,14,15). The number of carbonyl (C=O) groups is 2. The molecule has 0 aliphatic heterocycles. The van der Waals surface area contributed by atoms with E-state index in [0.717, 1.165) is 0 Å². The second-order valence-electron chi connectivity index (χ2n) is 5.10. The average Bonchev–Trinajstić information content (AvgIpc) is 2.13. The van der Waals surface area contributed by atoms with Crippen molar-refractivity contribution in [3.8, 4) is 0 Å². The highest BCUT2D eigenvalue weighted by Crippen LogP contribution is 2.18. The molecule has 0 aliphatic rings. The summed E-state index contributed by atoms with van der Waals surface area (Å²) in [6.45, 7) is 6.14. The molecule has 0 aromatic rings. The molecule has 0 aromatic carbocycles. The molecular weight excluding hydrogens is 208 g/mol. The fourth-order valence-corrected chi connectivity index (χ4v) is 1.19. The SMILES string of the molecule is CN(CCCC(=O)O)C(=O)C(N)C(C)(C)C. The molecule has 0 bridgehead atoms. The van der Waals surface area contributed by atoms with Crippen LogP contribution in [0.4, 0.5) is 0 Å². The number of nitrogens with zero attached hydrogens (tertiary/aromatic N) is 1. The molecule has 0 radical (unpaired) electrons. The average molecular weight is 230 g/mol. The van der Waals surface area contributed by atoms with E-state index in [4.69, 9.17) is 10.8 Å². The molecular formula is C11H22N2O3. The number of hydrogen-bond acceptors (Lipinski definition) is 3. The third kappa shape index (κ3) is 5.11. The summed E-state index contributed by atoms with van der Waals surface area (Å²) in [6.07, 6.45) is 0.525. The summed E-state index contributed by atoms with van der Waals surface area (Å²) in [5.74, 6) is -0.987. The van der Waals surface area contributed by atoms with Crippen LogP contribution in [0.15, 0.2) is 0 Å². The topological polar surface area (TPSA) is 83.6 Å². The maximum absolute atomic E-state index is 11.8. The zero-order valence-electron chi connectivity index (χ0n) is 10.5. The highest BCUT2D eigenvalue weighted by atomic mass is 16.4. The molecule has 0 rings (SSSR count).